The number of hydrogen-bond donors (Lipinski definition) is 0. The molecular formula is C15H21FO3Si. The second-order valence-corrected chi connectivity index (χ2v) is 10.7. The quantitative estimate of drug-likeness (QED) is 0.631. The smallest absolute Gasteiger partial charge is 0.312 e. The van der Waals surface area contributed by atoms with Gasteiger partial charge in [0.15, 0.2) is 8.32 Å². The van der Waals surface area contributed by atoms with E-state index in [0.717, 1.165) is 5.56 Å². The van der Waals surface area contributed by atoms with Crippen molar-refractivity contribution in [2.45, 2.75) is 32.2 Å². The molecule has 5 heteroatoms. The molecule has 0 aliphatic heterocycles. The lowest BCUT2D eigenvalue weighted by Gasteiger charge is -2.28. The standard InChI is InChI=1S/C15H21FO3Si/c1-10-13(14(17)18-2)15(10,19-20(3,4)5)11-6-8-12(16)9-7-11/h6-10,13H,1-5H3. The zero-order chi connectivity index (χ0) is 15.1. The molecule has 0 aromatic heterocycles. The van der Waals surface area contributed by atoms with E-state index in [1.165, 1.54) is 19.2 Å². The summed E-state index contributed by atoms with van der Waals surface area (Å²) in [5.41, 5.74) is 0.190. The fourth-order valence-corrected chi connectivity index (χ4v) is 4.36. The molecule has 1 aliphatic rings. The summed E-state index contributed by atoms with van der Waals surface area (Å²) in [5, 5.41) is 0. The van der Waals surface area contributed by atoms with E-state index in [2.05, 4.69) is 19.6 Å². The summed E-state index contributed by atoms with van der Waals surface area (Å²) in [5.74, 6) is -0.836. The Balaban J connectivity index is 2.41. The van der Waals surface area contributed by atoms with Crippen LogP contribution >= 0.6 is 0 Å². The number of carbonyl (C=O) groups is 1. The first kappa shape index (κ1) is 15.2. The minimum Gasteiger partial charge on any atom is -0.469 e. The third-order valence-electron chi connectivity index (χ3n) is 3.75. The van der Waals surface area contributed by atoms with Crippen LogP contribution in [-0.4, -0.2) is 21.4 Å². The monoisotopic (exact) mass is 296 g/mol. The first-order valence-corrected chi connectivity index (χ1v) is 10.2. The Morgan fingerprint density at radius 3 is 2.25 bits per heavy atom. The van der Waals surface area contributed by atoms with Crippen LogP contribution in [0, 0.1) is 17.7 Å². The average Bonchev–Trinajstić information content (AvgIpc) is 2.92. The van der Waals surface area contributed by atoms with Crippen molar-refractivity contribution in [1.29, 1.82) is 0 Å². The molecule has 1 fully saturated rings. The van der Waals surface area contributed by atoms with E-state index in [1.54, 1.807) is 12.1 Å². The molecule has 0 amide bonds. The Morgan fingerprint density at radius 1 is 1.25 bits per heavy atom. The van der Waals surface area contributed by atoms with Crippen molar-refractivity contribution >= 4 is 14.3 Å². The Morgan fingerprint density at radius 2 is 1.80 bits per heavy atom. The molecule has 0 saturated heterocycles. The summed E-state index contributed by atoms with van der Waals surface area (Å²) >= 11 is 0. The zero-order valence-electron chi connectivity index (χ0n) is 12.6. The van der Waals surface area contributed by atoms with E-state index in [4.69, 9.17) is 9.16 Å². The maximum absolute atomic E-state index is 13.1. The molecule has 0 N–H and O–H groups in total. The molecule has 20 heavy (non-hydrogen) atoms. The summed E-state index contributed by atoms with van der Waals surface area (Å²) in [6.07, 6.45) is 0. The third-order valence-corrected chi connectivity index (χ3v) is 4.71. The summed E-state index contributed by atoms with van der Waals surface area (Å²) in [6.45, 7) is 8.22. The predicted octanol–water partition coefficient (Wildman–Crippen LogP) is 3.31. The van der Waals surface area contributed by atoms with Crippen LogP contribution in [0.15, 0.2) is 24.3 Å². The molecular weight excluding hydrogens is 275 g/mol. The van der Waals surface area contributed by atoms with E-state index in [9.17, 15) is 9.18 Å². The predicted molar refractivity (Wildman–Crippen MR) is 77.2 cm³/mol. The van der Waals surface area contributed by atoms with E-state index in [0.29, 0.717) is 0 Å². The van der Waals surface area contributed by atoms with E-state index >= 15 is 0 Å². The molecule has 1 aliphatic carbocycles. The molecule has 0 bridgehead atoms. The molecule has 0 heterocycles. The maximum Gasteiger partial charge on any atom is 0.312 e. The lowest BCUT2D eigenvalue weighted by atomic mass is 10.0. The van der Waals surface area contributed by atoms with Crippen molar-refractivity contribution < 1.29 is 18.3 Å². The van der Waals surface area contributed by atoms with Gasteiger partial charge in [-0.05, 0) is 37.3 Å². The van der Waals surface area contributed by atoms with Crippen LogP contribution in [0.5, 0.6) is 0 Å². The van der Waals surface area contributed by atoms with Gasteiger partial charge < -0.3 is 9.16 Å². The van der Waals surface area contributed by atoms with Crippen molar-refractivity contribution in [3.05, 3.63) is 35.6 Å². The van der Waals surface area contributed by atoms with Gasteiger partial charge in [-0.2, -0.15) is 0 Å². The first-order chi connectivity index (χ1) is 9.22. The van der Waals surface area contributed by atoms with Gasteiger partial charge in [-0.25, -0.2) is 4.39 Å². The fraction of sp³-hybridized carbons (Fsp3) is 0.533. The van der Waals surface area contributed by atoms with Crippen LogP contribution < -0.4 is 0 Å². The van der Waals surface area contributed by atoms with Crippen LogP contribution in [0.3, 0.4) is 0 Å². The van der Waals surface area contributed by atoms with Crippen molar-refractivity contribution in [1.82, 2.24) is 0 Å². The second kappa shape index (κ2) is 4.97. The fourth-order valence-electron chi connectivity index (χ4n) is 2.91. The van der Waals surface area contributed by atoms with Gasteiger partial charge in [0.2, 0.25) is 0 Å². The molecule has 3 unspecified atom stereocenters. The molecule has 1 aromatic rings. The van der Waals surface area contributed by atoms with Gasteiger partial charge in [-0.3, -0.25) is 4.79 Å². The third kappa shape index (κ3) is 2.52. The number of hydrogen-bond acceptors (Lipinski definition) is 3. The van der Waals surface area contributed by atoms with E-state index < -0.39 is 13.9 Å². The number of benzene rings is 1. The van der Waals surface area contributed by atoms with Crippen LogP contribution in [0.25, 0.3) is 0 Å². The number of rotatable bonds is 4. The van der Waals surface area contributed by atoms with Crippen LogP contribution in [0.1, 0.15) is 12.5 Å². The minimum atomic E-state index is -1.87. The maximum atomic E-state index is 13.1. The molecule has 3 atom stereocenters. The number of carbonyl (C=O) groups excluding carboxylic acids is 1. The van der Waals surface area contributed by atoms with Crippen molar-refractivity contribution in [2.75, 3.05) is 7.11 Å². The topological polar surface area (TPSA) is 35.5 Å². The van der Waals surface area contributed by atoms with Gasteiger partial charge in [0.05, 0.1) is 18.6 Å². The Bertz CT molecular complexity index is 509. The highest BCUT2D eigenvalue weighted by Gasteiger charge is 2.69. The summed E-state index contributed by atoms with van der Waals surface area (Å²) in [7, 11) is -0.484. The lowest BCUT2D eigenvalue weighted by Crippen LogP contribution is -2.35. The van der Waals surface area contributed by atoms with Gasteiger partial charge in [-0.15, -0.1) is 0 Å². The van der Waals surface area contributed by atoms with Gasteiger partial charge in [0, 0.05) is 5.92 Å². The Hall–Kier alpha value is -1.20. The molecule has 0 spiro atoms. The lowest BCUT2D eigenvalue weighted by molar-refractivity contribution is -0.144. The summed E-state index contributed by atoms with van der Waals surface area (Å²) in [4.78, 5) is 12.0. The molecule has 0 radical (unpaired) electrons. The van der Waals surface area contributed by atoms with Gasteiger partial charge in [0.25, 0.3) is 0 Å². The molecule has 1 saturated carbocycles. The number of esters is 1. The number of methoxy groups -OCH3 is 1. The van der Waals surface area contributed by atoms with Gasteiger partial charge in [-0.1, -0.05) is 19.1 Å². The highest BCUT2D eigenvalue weighted by Crippen LogP contribution is 2.62. The number of ether oxygens (including phenoxy) is 1. The van der Waals surface area contributed by atoms with Crippen molar-refractivity contribution in [3.8, 4) is 0 Å². The SMILES string of the molecule is COC(=O)C1C(C)C1(O[Si](C)(C)C)c1ccc(F)cc1. The highest BCUT2D eigenvalue weighted by atomic mass is 28.4. The largest absolute Gasteiger partial charge is 0.469 e. The average molecular weight is 296 g/mol. The van der Waals surface area contributed by atoms with Crippen LogP contribution in [0.2, 0.25) is 19.6 Å². The summed E-state index contributed by atoms with van der Waals surface area (Å²) in [6, 6.07) is 6.22. The van der Waals surface area contributed by atoms with E-state index in [1.807, 2.05) is 6.92 Å². The normalized spacial score (nSPS) is 29.1. The Labute approximate surface area is 120 Å². The molecule has 2 rings (SSSR count). The Kier molecular flexibility index (Phi) is 3.77. The highest BCUT2D eigenvalue weighted by molar-refractivity contribution is 6.69. The molecule has 3 nitrogen and oxygen atoms in total. The van der Waals surface area contributed by atoms with Crippen molar-refractivity contribution in [3.63, 3.8) is 0 Å². The summed E-state index contributed by atoms with van der Waals surface area (Å²) < 4.78 is 24.3. The minimum absolute atomic E-state index is 0.0344. The second-order valence-electron chi connectivity index (χ2n) is 6.30. The first-order valence-electron chi connectivity index (χ1n) is 6.76. The zero-order valence-corrected chi connectivity index (χ0v) is 13.6. The molecule has 1 aromatic carbocycles. The van der Waals surface area contributed by atoms with Gasteiger partial charge in [0.1, 0.15) is 5.82 Å². The number of halogens is 1. The van der Waals surface area contributed by atoms with Gasteiger partial charge >= 0.3 is 5.97 Å². The van der Waals surface area contributed by atoms with Crippen LogP contribution in [-0.2, 0) is 19.6 Å². The van der Waals surface area contributed by atoms with Crippen molar-refractivity contribution in [2.24, 2.45) is 11.8 Å². The molecule has 110 valence electrons. The van der Waals surface area contributed by atoms with Crippen LogP contribution in [0.4, 0.5) is 4.39 Å². The van der Waals surface area contributed by atoms with E-state index in [-0.39, 0.29) is 23.6 Å².